The third-order valence-corrected chi connectivity index (χ3v) is 6.60. The maximum Gasteiger partial charge on any atom is 0.286 e. The molecule has 0 aliphatic heterocycles. The molecule has 2 aromatic heterocycles. The molecule has 9 nitrogen and oxygen atoms in total. The number of rotatable bonds is 7. The van der Waals surface area contributed by atoms with Gasteiger partial charge in [0.2, 0.25) is 5.95 Å². The average Bonchev–Trinajstić information content (AvgIpc) is 3.43. The van der Waals surface area contributed by atoms with Gasteiger partial charge in [-0.3, -0.25) is 10.1 Å². The second kappa shape index (κ2) is 8.05. The summed E-state index contributed by atoms with van der Waals surface area (Å²) in [7, 11) is -3.99. The monoisotopic (exact) mass is 441 g/mol. The third-order valence-electron chi connectivity index (χ3n) is 4.16. The number of anilines is 1. The van der Waals surface area contributed by atoms with Crippen molar-refractivity contribution in [3.8, 4) is 10.7 Å². The van der Waals surface area contributed by atoms with Crippen LogP contribution >= 0.6 is 11.3 Å². The first-order valence-electron chi connectivity index (χ1n) is 8.74. The SMILES string of the molecule is O=[N+]([O-])c1cccc(CNc2nc(-c3cccs3)nn2S(=O)(=O)c2ccccc2)c1. The largest absolute Gasteiger partial charge is 0.349 e. The van der Waals surface area contributed by atoms with Crippen LogP contribution < -0.4 is 5.32 Å². The van der Waals surface area contributed by atoms with Gasteiger partial charge in [0, 0.05) is 18.7 Å². The fourth-order valence-electron chi connectivity index (χ4n) is 2.74. The number of non-ortho nitro benzene ring substituents is 1. The molecule has 30 heavy (non-hydrogen) atoms. The zero-order chi connectivity index (χ0) is 21.1. The van der Waals surface area contributed by atoms with Crippen LogP contribution in [0.25, 0.3) is 10.7 Å². The first-order valence-corrected chi connectivity index (χ1v) is 11.1. The van der Waals surface area contributed by atoms with Gasteiger partial charge in [-0.2, -0.15) is 13.4 Å². The van der Waals surface area contributed by atoms with E-state index in [2.05, 4.69) is 15.4 Å². The smallest absolute Gasteiger partial charge is 0.286 e. The predicted octanol–water partition coefficient (Wildman–Crippen LogP) is 3.76. The van der Waals surface area contributed by atoms with Gasteiger partial charge < -0.3 is 5.32 Å². The number of nitrogens with zero attached hydrogens (tertiary/aromatic N) is 4. The molecule has 152 valence electrons. The van der Waals surface area contributed by atoms with E-state index in [1.807, 2.05) is 11.4 Å². The van der Waals surface area contributed by atoms with Gasteiger partial charge in [0.25, 0.3) is 15.7 Å². The summed E-state index contributed by atoms with van der Waals surface area (Å²) >= 11 is 1.39. The molecule has 0 fully saturated rings. The highest BCUT2D eigenvalue weighted by Gasteiger charge is 2.24. The van der Waals surface area contributed by atoms with E-state index in [1.54, 1.807) is 36.4 Å². The van der Waals surface area contributed by atoms with E-state index in [9.17, 15) is 18.5 Å². The lowest BCUT2D eigenvalue weighted by Gasteiger charge is -2.09. The number of nitro groups is 1. The quantitative estimate of drug-likeness (QED) is 0.342. The third kappa shape index (κ3) is 3.93. The first-order chi connectivity index (χ1) is 14.4. The normalized spacial score (nSPS) is 11.3. The van der Waals surface area contributed by atoms with Crippen molar-refractivity contribution < 1.29 is 13.3 Å². The van der Waals surface area contributed by atoms with Crippen molar-refractivity contribution in [2.24, 2.45) is 0 Å². The van der Waals surface area contributed by atoms with Crippen LogP contribution in [-0.4, -0.2) is 27.5 Å². The molecule has 0 bridgehead atoms. The topological polar surface area (TPSA) is 120 Å². The van der Waals surface area contributed by atoms with Crippen LogP contribution in [-0.2, 0) is 16.6 Å². The maximum absolute atomic E-state index is 13.1. The minimum atomic E-state index is -3.99. The molecule has 11 heteroatoms. The molecule has 0 saturated heterocycles. The molecule has 0 amide bonds. The lowest BCUT2D eigenvalue weighted by Crippen LogP contribution is -2.18. The molecule has 0 aliphatic carbocycles. The number of benzene rings is 2. The summed E-state index contributed by atoms with van der Waals surface area (Å²) < 4.78 is 27.1. The Bertz CT molecular complexity index is 1290. The molecule has 0 radical (unpaired) electrons. The molecule has 0 unspecified atom stereocenters. The number of hydrogen-bond acceptors (Lipinski definition) is 8. The Balaban J connectivity index is 1.71. The number of thiophene rings is 1. The van der Waals surface area contributed by atoms with E-state index >= 15 is 0 Å². The van der Waals surface area contributed by atoms with E-state index in [1.165, 1.54) is 35.6 Å². The summed E-state index contributed by atoms with van der Waals surface area (Å²) in [6, 6.07) is 17.6. The lowest BCUT2D eigenvalue weighted by molar-refractivity contribution is -0.384. The number of nitro benzene ring substituents is 1. The molecule has 0 saturated carbocycles. The van der Waals surface area contributed by atoms with Crippen LogP contribution in [0.15, 0.2) is 77.0 Å². The Morgan fingerprint density at radius 3 is 2.57 bits per heavy atom. The Labute approximate surface area is 175 Å². The summed E-state index contributed by atoms with van der Waals surface area (Å²) in [6.45, 7) is 0.133. The zero-order valence-electron chi connectivity index (χ0n) is 15.4. The lowest BCUT2D eigenvalue weighted by atomic mass is 10.2. The predicted molar refractivity (Wildman–Crippen MR) is 113 cm³/mol. The van der Waals surface area contributed by atoms with Gasteiger partial charge in [-0.15, -0.1) is 20.5 Å². The Hall–Kier alpha value is -3.57. The number of hydrogen-bond donors (Lipinski definition) is 1. The van der Waals surface area contributed by atoms with Gasteiger partial charge in [0.15, 0.2) is 5.82 Å². The van der Waals surface area contributed by atoms with Crippen molar-refractivity contribution >= 4 is 33.0 Å². The average molecular weight is 441 g/mol. The van der Waals surface area contributed by atoms with Crippen molar-refractivity contribution in [2.75, 3.05) is 5.32 Å². The van der Waals surface area contributed by atoms with Crippen molar-refractivity contribution in [1.82, 2.24) is 14.2 Å². The molecule has 4 aromatic rings. The van der Waals surface area contributed by atoms with Gasteiger partial charge in [0.05, 0.1) is 14.7 Å². The van der Waals surface area contributed by atoms with Crippen LogP contribution in [0.5, 0.6) is 0 Å². The fourth-order valence-corrected chi connectivity index (χ4v) is 4.61. The van der Waals surface area contributed by atoms with Gasteiger partial charge in [0.1, 0.15) is 0 Å². The minimum absolute atomic E-state index is 0.0220. The molecule has 4 rings (SSSR count). The van der Waals surface area contributed by atoms with Gasteiger partial charge >= 0.3 is 0 Å². The molecule has 2 heterocycles. The summed E-state index contributed by atoms with van der Waals surface area (Å²) in [4.78, 5) is 15.6. The highest BCUT2D eigenvalue weighted by atomic mass is 32.2. The van der Waals surface area contributed by atoms with Crippen LogP contribution in [0.4, 0.5) is 11.6 Å². The summed E-state index contributed by atoms with van der Waals surface area (Å²) in [6.07, 6.45) is 0. The van der Waals surface area contributed by atoms with E-state index in [0.717, 1.165) is 8.96 Å². The van der Waals surface area contributed by atoms with Crippen LogP contribution in [0.2, 0.25) is 0 Å². The number of nitrogens with one attached hydrogen (secondary N) is 1. The molecule has 1 N–H and O–H groups in total. The second-order valence-corrected chi connectivity index (χ2v) is 8.89. The molecule has 2 aromatic carbocycles. The van der Waals surface area contributed by atoms with Crippen molar-refractivity contribution in [1.29, 1.82) is 0 Å². The zero-order valence-corrected chi connectivity index (χ0v) is 17.0. The van der Waals surface area contributed by atoms with Crippen LogP contribution in [0.1, 0.15) is 5.56 Å². The first kappa shape index (κ1) is 19.7. The summed E-state index contributed by atoms with van der Waals surface area (Å²) in [5.41, 5.74) is 0.556. The Morgan fingerprint density at radius 1 is 1.07 bits per heavy atom. The van der Waals surface area contributed by atoms with Crippen molar-refractivity contribution in [3.05, 3.63) is 87.8 Å². The highest BCUT2D eigenvalue weighted by molar-refractivity contribution is 7.90. The van der Waals surface area contributed by atoms with Crippen molar-refractivity contribution in [2.45, 2.75) is 11.4 Å². The van der Waals surface area contributed by atoms with Gasteiger partial charge in [-0.1, -0.05) is 36.4 Å². The van der Waals surface area contributed by atoms with Crippen LogP contribution in [0.3, 0.4) is 0 Å². The highest BCUT2D eigenvalue weighted by Crippen LogP contribution is 2.26. The van der Waals surface area contributed by atoms with Gasteiger partial charge in [-0.05, 0) is 29.1 Å². The standard InChI is InChI=1S/C19H15N5O4S2/c25-24(26)15-7-4-6-14(12-15)13-20-19-21-18(17-10-5-11-29-17)22-23(19)30(27,28)16-8-2-1-3-9-16/h1-12H,13H2,(H,20,21,22). The second-order valence-electron chi connectivity index (χ2n) is 6.18. The Kier molecular flexibility index (Phi) is 5.29. The molecular weight excluding hydrogens is 426 g/mol. The van der Waals surface area contributed by atoms with Crippen molar-refractivity contribution in [3.63, 3.8) is 0 Å². The molecule has 0 aliphatic rings. The summed E-state index contributed by atoms with van der Waals surface area (Å²) in [5.74, 6) is 0.291. The van der Waals surface area contributed by atoms with E-state index in [-0.39, 0.29) is 28.9 Å². The van der Waals surface area contributed by atoms with E-state index < -0.39 is 14.9 Å². The van der Waals surface area contributed by atoms with Gasteiger partial charge in [-0.25, -0.2) is 0 Å². The van der Waals surface area contributed by atoms with Crippen LogP contribution in [0, 0.1) is 10.1 Å². The Morgan fingerprint density at radius 2 is 1.87 bits per heavy atom. The minimum Gasteiger partial charge on any atom is -0.349 e. The summed E-state index contributed by atoms with van der Waals surface area (Å²) in [5, 5.41) is 20.0. The molecule has 0 atom stereocenters. The maximum atomic E-state index is 13.1. The fraction of sp³-hybridized carbons (Fsp3) is 0.0526. The molecule has 0 spiro atoms. The molecular formula is C19H15N5O4S2. The van der Waals surface area contributed by atoms with E-state index in [4.69, 9.17) is 0 Å². The van der Waals surface area contributed by atoms with E-state index in [0.29, 0.717) is 5.56 Å². The number of aromatic nitrogens is 3.